The molecule has 0 aromatic heterocycles. The fraction of sp³-hybridized carbons (Fsp3) is 0.333. The van der Waals surface area contributed by atoms with E-state index in [-0.39, 0.29) is 11.8 Å². The maximum atomic E-state index is 12.5. The fourth-order valence-electron chi connectivity index (χ4n) is 2.98. The number of rotatable bonds is 6. The number of nitrogens with zero attached hydrogens (tertiary/aromatic N) is 1. The molecule has 0 radical (unpaired) electrons. The van der Waals surface area contributed by atoms with Crippen LogP contribution >= 0.6 is 0 Å². The standard InChI is InChI=1S/C21H24N2O3/c1-2-13-26-19-10-6-7-16(15-19)20(24)22-18-9-5-8-17(14-18)21(25)23-11-3-4-12-23/h5-10,14-15H,2-4,11-13H2,1H3,(H,22,24). The highest BCUT2D eigenvalue weighted by atomic mass is 16.5. The van der Waals surface area contributed by atoms with Gasteiger partial charge in [0.2, 0.25) is 0 Å². The summed E-state index contributed by atoms with van der Waals surface area (Å²) in [6.07, 6.45) is 3.02. The van der Waals surface area contributed by atoms with E-state index in [1.807, 2.05) is 17.9 Å². The Morgan fingerprint density at radius 2 is 1.77 bits per heavy atom. The third-order valence-electron chi connectivity index (χ3n) is 4.33. The summed E-state index contributed by atoms with van der Waals surface area (Å²) in [5.41, 5.74) is 1.74. The first kappa shape index (κ1) is 18.0. The molecule has 5 nitrogen and oxygen atoms in total. The van der Waals surface area contributed by atoms with Gasteiger partial charge >= 0.3 is 0 Å². The highest BCUT2D eigenvalue weighted by Gasteiger charge is 2.19. The Bertz CT molecular complexity index is 782. The van der Waals surface area contributed by atoms with Crippen molar-refractivity contribution < 1.29 is 14.3 Å². The number of carbonyl (C=O) groups is 2. The van der Waals surface area contributed by atoms with Gasteiger partial charge in [-0.2, -0.15) is 0 Å². The van der Waals surface area contributed by atoms with Crippen molar-refractivity contribution in [1.29, 1.82) is 0 Å². The number of carbonyl (C=O) groups excluding carboxylic acids is 2. The molecule has 1 fully saturated rings. The molecule has 26 heavy (non-hydrogen) atoms. The number of likely N-dealkylation sites (tertiary alicyclic amines) is 1. The second kappa shape index (κ2) is 8.52. The number of hydrogen-bond donors (Lipinski definition) is 1. The molecule has 1 aliphatic rings. The minimum absolute atomic E-state index is 0.0218. The third kappa shape index (κ3) is 4.42. The van der Waals surface area contributed by atoms with Gasteiger partial charge in [0, 0.05) is 29.9 Å². The number of nitrogens with one attached hydrogen (secondary N) is 1. The minimum atomic E-state index is -0.224. The van der Waals surface area contributed by atoms with Gasteiger partial charge in [0.15, 0.2) is 0 Å². The molecule has 1 aliphatic heterocycles. The molecule has 2 aromatic rings. The van der Waals surface area contributed by atoms with Crippen LogP contribution in [-0.4, -0.2) is 36.4 Å². The summed E-state index contributed by atoms with van der Waals surface area (Å²) in [5.74, 6) is 0.476. The summed E-state index contributed by atoms with van der Waals surface area (Å²) in [5, 5.41) is 2.86. The summed E-state index contributed by atoms with van der Waals surface area (Å²) in [6, 6.07) is 14.2. The predicted molar refractivity (Wildman–Crippen MR) is 102 cm³/mol. The number of anilines is 1. The van der Waals surface area contributed by atoms with Crippen LogP contribution < -0.4 is 10.1 Å². The third-order valence-corrected chi connectivity index (χ3v) is 4.33. The van der Waals surface area contributed by atoms with Gasteiger partial charge in [0.25, 0.3) is 11.8 Å². The van der Waals surface area contributed by atoms with E-state index in [9.17, 15) is 9.59 Å². The summed E-state index contributed by atoms with van der Waals surface area (Å²) in [7, 11) is 0. The van der Waals surface area contributed by atoms with Crippen molar-refractivity contribution in [1.82, 2.24) is 4.90 Å². The van der Waals surface area contributed by atoms with Gasteiger partial charge in [0.05, 0.1) is 6.61 Å². The van der Waals surface area contributed by atoms with Crippen LogP contribution in [0.4, 0.5) is 5.69 Å². The lowest BCUT2D eigenvalue weighted by molar-refractivity contribution is 0.0792. The Balaban J connectivity index is 1.69. The van der Waals surface area contributed by atoms with E-state index in [1.165, 1.54) is 0 Å². The molecule has 1 saturated heterocycles. The number of hydrogen-bond acceptors (Lipinski definition) is 3. The molecule has 0 saturated carbocycles. The van der Waals surface area contributed by atoms with Gasteiger partial charge in [-0.3, -0.25) is 9.59 Å². The van der Waals surface area contributed by atoms with Crippen LogP contribution in [0.3, 0.4) is 0 Å². The largest absolute Gasteiger partial charge is 0.494 e. The van der Waals surface area contributed by atoms with Crippen LogP contribution in [0.25, 0.3) is 0 Å². The van der Waals surface area contributed by atoms with Crippen LogP contribution in [0, 0.1) is 0 Å². The molecule has 0 spiro atoms. The monoisotopic (exact) mass is 352 g/mol. The van der Waals surface area contributed by atoms with E-state index < -0.39 is 0 Å². The zero-order valence-corrected chi connectivity index (χ0v) is 15.0. The fourth-order valence-corrected chi connectivity index (χ4v) is 2.98. The van der Waals surface area contributed by atoms with Crippen LogP contribution in [-0.2, 0) is 0 Å². The molecule has 5 heteroatoms. The highest BCUT2D eigenvalue weighted by Crippen LogP contribution is 2.18. The molecular formula is C21H24N2O3. The zero-order valence-electron chi connectivity index (χ0n) is 15.0. The lowest BCUT2D eigenvalue weighted by Crippen LogP contribution is -2.27. The smallest absolute Gasteiger partial charge is 0.255 e. The molecular weight excluding hydrogens is 328 g/mol. The number of benzene rings is 2. The van der Waals surface area contributed by atoms with Crippen molar-refractivity contribution in [2.24, 2.45) is 0 Å². The number of ether oxygens (including phenoxy) is 1. The molecule has 1 N–H and O–H groups in total. The van der Waals surface area contributed by atoms with Gasteiger partial charge in [0.1, 0.15) is 5.75 Å². The van der Waals surface area contributed by atoms with Gasteiger partial charge in [-0.1, -0.05) is 19.1 Å². The summed E-state index contributed by atoms with van der Waals surface area (Å²) >= 11 is 0. The lowest BCUT2D eigenvalue weighted by Gasteiger charge is -2.16. The quantitative estimate of drug-likeness (QED) is 0.856. The summed E-state index contributed by atoms with van der Waals surface area (Å²) < 4.78 is 5.57. The Morgan fingerprint density at radius 1 is 1.04 bits per heavy atom. The van der Waals surface area contributed by atoms with Crippen molar-refractivity contribution in [2.75, 3.05) is 25.0 Å². The molecule has 3 rings (SSSR count). The molecule has 0 aliphatic carbocycles. The molecule has 2 aromatic carbocycles. The number of amides is 2. The highest BCUT2D eigenvalue weighted by molar-refractivity contribution is 6.05. The van der Waals surface area contributed by atoms with Crippen LogP contribution in [0.1, 0.15) is 46.9 Å². The molecule has 2 amide bonds. The normalized spacial score (nSPS) is 13.5. The van der Waals surface area contributed by atoms with Crippen molar-refractivity contribution in [3.8, 4) is 5.75 Å². The van der Waals surface area contributed by atoms with Crippen LogP contribution in [0.2, 0.25) is 0 Å². The van der Waals surface area contributed by atoms with Crippen LogP contribution in [0.5, 0.6) is 5.75 Å². The Labute approximate surface area is 154 Å². The van der Waals surface area contributed by atoms with E-state index in [0.29, 0.717) is 29.2 Å². The van der Waals surface area contributed by atoms with Crippen molar-refractivity contribution in [3.05, 3.63) is 59.7 Å². The average molecular weight is 352 g/mol. The second-order valence-electron chi connectivity index (χ2n) is 6.41. The lowest BCUT2D eigenvalue weighted by atomic mass is 10.1. The van der Waals surface area contributed by atoms with Gasteiger partial charge < -0.3 is 15.0 Å². The maximum Gasteiger partial charge on any atom is 0.255 e. The predicted octanol–water partition coefficient (Wildman–Crippen LogP) is 3.96. The molecule has 1 heterocycles. The molecule has 0 bridgehead atoms. The van der Waals surface area contributed by atoms with E-state index >= 15 is 0 Å². The van der Waals surface area contributed by atoms with E-state index in [4.69, 9.17) is 4.74 Å². The Morgan fingerprint density at radius 3 is 2.54 bits per heavy atom. The molecule has 0 atom stereocenters. The summed E-state index contributed by atoms with van der Waals surface area (Å²) in [4.78, 5) is 26.9. The second-order valence-corrected chi connectivity index (χ2v) is 6.41. The maximum absolute atomic E-state index is 12.5. The topological polar surface area (TPSA) is 58.6 Å². The first-order valence-electron chi connectivity index (χ1n) is 9.11. The SMILES string of the molecule is CCCOc1cccc(C(=O)Nc2cccc(C(=O)N3CCCC3)c2)c1. The van der Waals surface area contributed by atoms with Gasteiger partial charge in [-0.05, 0) is 55.7 Å². The first-order valence-corrected chi connectivity index (χ1v) is 9.11. The van der Waals surface area contributed by atoms with E-state index in [2.05, 4.69) is 5.32 Å². The van der Waals surface area contributed by atoms with Crippen molar-refractivity contribution >= 4 is 17.5 Å². The minimum Gasteiger partial charge on any atom is -0.494 e. The van der Waals surface area contributed by atoms with E-state index in [1.54, 1.807) is 42.5 Å². The van der Waals surface area contributed by atoms with Crippen molar-refractivity contribution in [2.45, 2.75) is 26.2 Å². The molecule has 136 valence electrons. The zero-order chi connectivity index (χ0) is 18.4. The average Bonchev–Trinajstić information content (AvgIpc) is 3.21. The first-order chi connectivity index (χ1) is 12.7. The van der Waals surface area contributed by atoms with Crippen LogP contribution in [0.15, 0.2) is 48.5 Å². The summed E-state index contributed by atoms with van der Waals surface area (Å²) in [6.45, 7) is 4.26. The van der Waals surface area contributed by atoms with Gasteiger partial charge in [-0.15, -0.1) is 0 Å². The van der Waals surface area contributed by atoms with Gasteiger partial charge in [-0.25, -0.2) is 0 Å². The Hall–Kier alpha value is -2.82. The van der Waals surface area contributed by atoms with E-state index in [0.717, 1.165) is 32.4 Å². The van der Waals surface area contributed by atoms with Crippen molar-refractivity contribution in [3.63, 3.8) is 0 Å². The Kier molecular flexibility index (Phi) is 5.89. The molecule has 0 unspecified atom stereocenters.